The minimum absolute atomic E-state index is 0.212. The van der Waals surface area contributed by atoms with Gasteiger partial charge in [-0.2, -0.15) is 0 Å². The fraction of sp³-hybridized carbons (Fsp3) is 0.571. The number of benzene rings is 1. The van der Waals surface area contributed by atoms with E-state index in [9.17, 15) is 29.7 Å². The van der Waals surface area contributed by atoms with Gasteiger partial charge >= 0.3 is 0 Å². The van der Waals surface area contributed by atoms with Gasteiger partial charge in [-0.1, -0.05) is 0 Å². The van der Waals surface area contributed by atoms with Crippen LogP contribution in [0.15, 0.2) is 23.1 Å². The molecule has 11 heteroatoms. The molecule has 10 nitrogen and oxygen atoms in total. The number of hydrogen-bond acceptors (Lipinski definition) is 8. The molecule has 0 aromatic heterocycles. The molecule has 1 saturated carbocycles. The number of aliphatic hydroxyl groups is 3. The molecule has 3 rings (SSSR count). The molecule has 2 fully saturated rings. The molecule has 1 aromatic rings. The van der Waals surface area contributed by atoms with Crippen LogP contribution in [-0.2, 0) is 9.59 Å². The number of amides is 3. The number of methoxy groups -OCH3 is 1. The first-order valence-electron chi connectivity index (χ1n) is 10.4. The van der Waals surface area contributed by atoms with Crippen LogP contribution in [0.4, 0.5) is 0 Å². The Morgan fingerprint density at radius 1 is 1.25 bits per heavy atom. The summed E-state index contributed by atoms with van der Waals surface area (Å²) in [7, 11) is 1.43. The second-order valence-corrected chi connectivity index (χ2v) is 8.98. The normalized spacial score (nSPS) is 30.2. The SMILES string of the molecule is COc1cc(SC)ccc1C(=O)N[C@@H]1C[C@@](O)(C(=O)N[C@@H]2CCCNC2=O)C[C@@H](O)[C@@H]1O. The largest absolute Gasteiger partial charge is 0.496 e. The van der Waals surface area contributed by atoms with E-state index >= 15 is 0 Å². The molecule has 1 aliphatic heterocycles. The van der Waals surface area contributed by atoms with Crippen LogP contribution >= 0.6 is 11.8 Å². The Morgan fingerprint density at radius 2 is 2.00 bits per heavy atom. The number of carbonyl (C=O) groups is 3. The number of rotatable bonds is 6. The first-order valence-corrected chi connectivity index (χ1v) is 11.6. The summed E-state index contributed by atoms with van der Waals surface area (Å²) < 4.78 is 5.28. The van der Waals surface area contributed by atoms with Crippen molar-refractivity contribution in [2.45, 2.75) is 60.5 Å². The second-order valence-electron chi connectivity index (χ2n) is 8.10. The molecule has 0 spiro atoms. The smallest absolute Gasteiger partial charge is 0.255 e. The summed E-state index contributed by atoms with van der Waals surface area (Å²) in [5, 5.41) is 39.4. The van der Waals surface area contributed by atoms with E-state index in [1.807, 2.05) is 6.26 Å². The summed E-state index contributed by atoms with van der Waals surface area (Å²) in [5.41, 5.74) is -1.86. The zero-order chi connectivity index (χ0) is 23.5. The number of hydrogen-bond donors (Lipinski definition) is 6. The standard InChI is InChI=1S/C21H29N3O7S/c1-31-16-8-11(32-2)5-6-12(16)18(27)23-14-9-21(30,10-15(25)17(14)26)20(29)24-13-4-3-7-22-19(13)28/h5-6,8,13-15,17,25-26,30H,3-4,7,9-10H2,1-2H3,(H,22,28)(H,23,27)(H,24,29)/t13-,14-,15-,17-,21+/m1/s1. The van der Waals surface area contributed by atoms with Gasteiger partial charge in [0.25, 0.3) is 11.8 Å². The topological polar surface area (TPSA) is 157 Å². The fourth-order valence-corrected chi connectivity index (χ4v) is 4.49. The van der Waals surface area contributed by atoms with Gasteiger partial charge in [-0.25, -0.2) is 0 Å². The predicted molar refractivity (Wildman–Crippen MR) is 116 cm³/mol. The van der Waals surface area contributed by atoms with E-state index < -0.39 is 48.1 Å². The highest BCUT2D eigenvalue weighted by Gasteiger charge is 2.50. The van der Waals surface area contributed by atoms with Crippen molar-refractivity contribution >= 4 is 29.5 Å². The third-order valence-corrected chi connectivity index (χ3v) is 6.62. The Morgan fingerprint density at radius 3 is 2.66 bits per heavy atom. The Labute approximate surface area is 190 Å². The lowest BCUT2D eigenvalue weighted by Crippen LogP contribution is -2.64. The van der Waals surface area contributed by atoms with Gasteiger partial charge in [0, 0.05) is 24.3 Å². The molecular weight excluding hydrogens is 438 g/mol. The summed E-state index contributed by atoms with van der Waals surface area (Å²) >= 11 is 1.48. The van der Waals surface area contributed by atoms with Crippen molar-refractivity contribution in [2.75, 3.05) is 19.9 Å². The highest BCUT2D eigenvalue weighted by Crippen LogP contribution is 2.31. The molecule has 1 aromatic carbocycles. The van der Waals surface area contributed by atoms with Crippen LogP contribution in [0.2, 0.25) is 0 Å². The minimum atomic E-state index is -2.07. The Hall–Kier alpha value is -2.34. The molecular formula is C21H29N3O7S. The lowest BCUT2D eigenvalue weighted by molar-refractivity contribution is -0.159. The van der Waals surface area contributed by atoms with Gasteiger partial charge in [0.2, 0.25) is 5.91 Å². The molecule has 5 atom stereocenters. The van der Waals surface area contributed by atoms with Crippen LogP contribution in [0.5, 0.6) is 5.75 Å². The van der Waals surface area contributed by atoms with Crippen molar-refractivity contribution in [3.8, 4) is 5.75 Å². The Balaban J connectivity index is 1.74. The molecule has 6 N–H and O–H groups in total. The molecule has 176 valence electrons. The van der Waals surface area contributed by atoms with Gasteiger partial charge in [0.15, 0.2) is 0 Å². The molecule has 1 aliphatic carbocycles. The average molecular weight is 468 g/mol. The third kappa shape index (κ3) is 5.17. The third-order valence-electron chi connectivity index (χ3n) is 5.89. The van der Waals surface area contributed by atoms with E-state index in [1.54, 1.807) is 18.2 Å². The van der Waals surface area contributed by atoms with E-state index in [1.165, 1.54) is 18.9 Å². The highest BCUT2D eigenvalue weighted by molar-refractivity contribution is 7.98. The van der Waals surface area contributed by atoms with Gasteiger partial charge < -0.3 is 36.0 Å². The summed E-state index contributed by atoms with van der Waals surface area (Å²) in [6.07, 6.45) is -0.588. The molecule has 32 heavy (non-hydrogen) atoms. The zero-order valence-electron chi connectivity index (χ0n) is 18.0. The van der Waals surface area contributed by atoms with Crippen LogP contribution in [-0.4, -0.2) is 82.8 Å². The summed E-state index contributed by atoms with van der Waals surface area (Å²) in [6, 6.07) is 3.13. The van der Waals surface area contributed by atoms with Crippen LogP contribution < -0.4 is 20.7 Å². The average Bonchev–Trinajstić information content (AvgIpc) is 2.78. The zero-order valence-corrected chi connectivity index (χ0v) is 18.8. The molecule has 1 saturated heterocycles. The summed E-state index contributed by atoms with van der Waals surface area (Å²) in [5.74, 6) is -1.42. The number of thioether (sulfide) groups is 1. The van der Waals surface area contributed by atoms with E-state index in [4.69, 9.17) is 4.74 Å². The van der Waals surface area contributed by atoms with Crippen molar-refractivity contribution < 1.29 is 34.4 Å². The first kappa shape index (κ1) is 24.3. The lowest BCUT2D eigenvalue weighted by atomic mass is 9.77. The first-order chi connectivity index (χ1) is 15.2. The van der Waals surface area contributed by atoms with Crippen LogP contribution in [0.1, 0.15) is 36.0 Å². The molecule has 2 aliphatic rings. The van der Waals surface area contributed by atoms with E-state index in [0.29, 0.717) is 25.1 Å². The van der Waals surface area contributed by atoms with E-state index in [-0.39, 0.29) is 17.9 Å². The summed E-state index contributed by atoms with van der Waals surface area (Å²) in [4.78, 5) is 38.5. The molecule has 0 unspecified atom stereocenters. The molecule has 1 heterocycles. The van der Waals surface area contributed by atoms with E-state index in [0.717, 1.165) is 4.90 Å². The Bertz CT molecular complexity index is 883. The number of ether oxygens (including phenoxy) is 1. The Kier molecular flexibility index (Phi) is 7.65. The van der Waals surface area contributed by atoms with Crippen molar-refractivity contribution in [2.24, 2.45) is 0 Å². The van der Waals surface area contributed by atoms with Crippen LogP contribution in [0, 0.1) is 0 Å². The maximum atomic E-state index is 12.9. The molecule has 0 bridgehead atoms. The molecule has 0 radical (unpaired) electrons. The van der Waals surface area contributed by atoms with Crippen LogP contribution in [0.3, 0.4) is 0 Å². The van der Waals surface area contributed by atoms with Crippen molar-refractivity contribution in [3.05, 3.63) is 23.8 Å². The predicted octanol–water partition coefficient (Wildman–Crippen LogP) is -0.843. The van der Waals surface area contributed by atoms with Gasteiger partial charge in [-0.15, -0.1) is 11.8 Å². The number of carbonyl (C=O) groups excluding carboxylic acids is 3. The summed E-state index contributed by atoms with van der Waals surface area (Å²) in [6.45, 7) is 0.524. The van der Waals surface area contributed by atoms with Crippen molar-refractivity contribution in [3.63, 3.8) is 0 Å². The molecule has 3 amide bonds. The minimum Gasteiger partial charge on any atom is -0.496 e. The van der Waals surface area contributed by atoms with Gasteiger partial charge in [-0.05, 0) is 37.3 Å². The number of nitrogens with one attached hydrogen (secondary N) is 3. The quantitative estimate of drug-likeness (QED) is 0.296. The number of aliphatic hydroxyl groups excluding tert-OH is 2. The maximum absolute atomic E-state index is 12.9. The number of piperidine rings is 1. The van der Waals surface area contributed by atoms with E-state index in [2.05, 4.69) is 16.0 Å². The lowest BCUT2D eigenvalue weighted by Gasteiger charge is -2.42. The van der Waals surface area contributed by atoms with Gasteiger partial charge in [0.05, 0.1) is 24.8 Å². The monoisotopic (exact) mass is 467 g/mol. The van der Waals surface area contributed by atoms with Crippen molar-refractivity contribution in [1.29, 1.82) is 0 Å². The van der Waals surface area contributed by atoms with Crippen molar-refractivity contribution in [1.82, 2.24) is 16.0 Å². The van der Waals surface area contributed by atoms with Gasteiger partial charge in [-0.3, -0.25) is 14.4 Å². The fourth-order valence-electron chi connectivity index (χ4n) is 4.06. The van der Waals surface area contributed by atoms with Crippen LogP contribution in [0.25, 0.3) is 0 Å². The maximum Gasteiger partial charge on any atom is 0.255 e. The second kappa shape index (κ2) is 10.1. The highest BCUT2D eigenvalue weighted by atomic mass is 32.2. The van der Waals surface area contributed by atoms with Gasteiger partial charge in [0.1, 0.15) is 23.5 Å².